The minimum Gasteiger partial charge on any atom is -0.459 e. The van der Waals surface area contributed by atoms with Crippen LogP contribution in [0.3, 0.4) is 0 Å². The first-order chi connectivity index (χ1) is 11.7. The van der Waals surface area contributed by atoms with Crippen molar-refractivity contribution in [3.05, 3.63) is 23.7 Å². The van der Waals surface area contributed by atoms with Crippen LogP contribution in [0.5, 0.6) is 0 Å². The predicted molar refractivity (Wildman–Crippen MR) is 115 cm³/mol. The molecule has 0 aliphatic carbocycles. The molecule has 1 aromatic rings. The lowest BCUT2D eigenvalue weighted by Gasteiger charge is -2.34. The van der Waals surface area contributed by atoms with Crippen LogP contribution in [0, 0.1) is 6.92 Å². The second-order valence-electron chi connectivity index (χ2n) is 5.86. The summed E-state index contributed by atoms with van der Waals surface area (Å²) in [7, 11) is 1.83. The number of hydrogen-bond acceptors (Lipinski definition) is 4. The SMILES string of the molecule is CCC1CN(C(=NC)NCCCNC(=O)c2occc2C)CCS1.I. The van der Waals surface area contributed by atoms with E-state index in [1.54, 1.807) is 6.07 Å². The lowest BCUT2D eigenvalue weighted by atomic mass is 10.2. The fourth-order valence-electron chi connectivity index (χ4n) is 2.67. The molecule has 1 saturated heterocycles. The first kappa shape index (κ1) is 22.1. The molecular formula is C17H29IN4O2S. The van der Waals surface area contributed by atoms with Crippen molar-refractivity contribution in [3.8, 4) is 0 Å². The van der Waals surface area contributed by atoms with Gasteiger partial charge in [-0.25, -0.2) is 0 Å². The van der Waals surface area contributed by atoms with Gasteiger partial charge in [-0.3, -0.25) is 9.79 Å². The molecule has 25 heavy (non-hydrogen) atoms. The molecule has 1 unspecified atom stereocenters. The van der Waals surface area contributed by atoms with Crippen LogP contribution < -0.4 is 10.6 Å². The fourth-order valence-corrected chi connectivity index (χ4v) is 3.85. The van der Waals surface area contributed by atoms with E-state index in [0.29, 0.717) is 17.6 Å². The van der Waals surface area contributed by atoms with Crippen LogP contribution in [0.15, 0.2) is 21.7 Å². The monoisotopic (exact) mass is 480 g/mol. The molecule has 0 saturated carbocycles. The molecule has 1 fully saturated rings. The number of aliphatic imine (C=N–C) groups is 1. The zero-order valence-electron chi connectivity index (χ0n) is 15.2. The zero-order chi connectivity index (χ0) is 17.4. The molecule has 2 rings (SSSR count). The Morgan fingerprint density at radius 1 is 1.44 bits per heavy atom. The Kier molecular flexibility index (Phi) is 10.3. The van der Waals surface area contributed by atoms with E-state index in [2.05, 4.69) is 27.4 Å². The van der Waals surface area contributed by atoms with E-state index in [4.69, 9.17) is 4.42 Å². The molecular weight excluding hydrogens is 451 g/mol. The van der Waals surface area contributed by atoms with Crippen molar-refractivity contribution in [1.29, 1.82) is 0 Å². The molecule has 0 radical (unpaired) electrons. The van der Waals surface area contributed by atoms with Crippen LogP contribution in [-0.2, 0) is 0 Å². The number of nitrogens with zero attached hydrogens (tertiary/aromatic N) is 2. The van der Waals surface area contributed by atoms with Crippen LogP contribution in [0.2, 0.25) is 0 Å². The van der Waals surface area contributed by atoms with Gasteiger partial charge in [0.15, 0.2) is 11.7 Å². The third-order valence-electron chi connectivity index (χ3n) is 4.10. The Hall–Kier alpha value is -0.900. The van der Waals surface area contributed by atoms with E-state index in [1.165, 1.54) is 12.7 Å². The molecule has 1 atom stereocenters. The number of amides is 1. The van der Waals surface area contributed by atoms with Crippen LogP contribution in [-0.4, -0.2) is 61.0 Å². The summed E-state index contributed by atoms with van der Waals surface area (Å²) in [5, 5.41) is 6.97. The van der Waals surface area contributed by atoms with Crippen LogP contribution in [0.4, 0.5) is 0 Å². The van der Waals surface area contributed by atoms with Crippen molar-refractivity contribution in [2.45, 2.75) is 31.9 Å². The van der Waals surface area contributed by atoms with Crippen LogP contribution >= 0.6 is 35.7 Å². The average molecular weight is 480 g/mol. The van der Waals surface area contributed by atoms with Gasteiger partial charge < -0.3 is 20.0 Å². The predicted octanol–water partition coefficient (Wildman–Crippen LogP) is 2.73. The van der Waals surface area contributed by atoms with E-state index in [0.717, 1.165) is 43.3 Å². The van der Waals surface area contributed by atoms with E-state index in [1.807, 2.05) is 25.7 Å². The quantitative estimate of drug-likeness (QED) is 0.284. The number of aryl methyl sites for hydroxylation is 1. The van der Waals surface area contributed by atoms with Gasteiger partial charge in [0.05, 0.1) is 6.26 Å². The smallest absolute Gasteiger partial charge is 0.287 e. The Balaban J connectivity index is 0.00000312. The number of carbonyl (C=O) groups is 1. The maximum absolute atomic E-state index is 11.9. The number of rotatable bonds is 6. The molecule has 0 spiro atoms. The zero-order valence-corrected chi connectivity index (χ0v) is 18.4. The Labute approximate surface area is 171 Å². The largest absolute Gasteiger partial charge is 0.459 e. The maximum atomic E-state index is 11.9. The molecule has 0 aromatic carbocycles. The summed E-state index contributed by atoms with van der Waals surface area (Å²) in [5.74, 6) is 2.36. The van der Waals surface area contributed by atoms with Gasteiger partial charge in [0.25, 0.3) is 5.91 Å². The van der Waals surface area contributed by atoms with Gasteiger partial charge in [0.1, 0.15) is 0 Å². The van der Waals surface area contributed by atoms with Gasteiger partial charge in [0, 0.05) is 49.8 Å². The third-order valence-corrected chi connectivity index (χ3v) is 5.47. The minimum absolute atomic E-state index is 0. The second-order valence-corrected chi connectivity index (χ2v) is 7.27. The summed E-state index contributed by atoms with van der Waals surface area (Å²) in [4.78, 5) is 18.7. The highest BCUT2D eigenvalue weighted by atomic mass is 127. The number of furan rings is 1. The van der Waals surface area contributed by atoms with Gasteiger partial charge in [-0.05, 0) is 25.8 Å². The Morgan fingerprint density at radius 3 is 2.84 bits per heavy atom. The van der Waals surface area contributed by atoms with Gasteiger partial charge in [-0.15, -0.1) is 24.0 Å². The van der Waals surface area contributed by atoms with E-state index >= 15 is 0 Å². The van der Waals surface area contributed by atoms with Gasteiger partial charge in [0.2, 0.25) is 0 Å². The topological polar surface area (TPSA) is 69.9 Å². The van der Waals surface area contributed by atoms with E-state index in [-0.39, 0.29) is 29.9 Å². The lowest BCUT2D eigenvalue weighted by molar-refractivity contribution is 0.0925. The number of guanidine groups is 1. The Bertz CT molecular complexity index is 565. The van der Waals surface area contributed by atoms with Crippen LogP contribution in [0.1, 0.15) is 35.9 Å². The van der Waals surface area contributed by atoms with Crippen LogP contribution in [0.25, 0.3) is 0 Å². The van der Waals surface area contributed by atoms with E-state index < -0.39 is 0 Å². The van der Waals surface area contributed by atoms with Gasteiger partial charge >= 0.3 is 0 Å². The molecule has 6 nitrogen and oxygen atoms in total. The highest BCUT2D eigenvalue weighted by Crippen LogP contribution is 2.20. The number of thioether (sulfide) groups is 1. The normalized spacial score (nSPS) is 17.8. The minimum atomic E-state index is -0.152. The number of halogens is 1. The highest BCUT2D eigenvalue weighted by Gasteiger charge is 2.21. The summed E-state index contributed by atoms with van der Waals surface area (Å²) < 4.78 is 5.18. The standard InChI is InChI=1S/C17H28N4O2S.HI/c1-4-14-12-21(9-11-24-14)17(18-3)20-8-5-7-19-16(22)15-13(2)6-10-23-15;/h6,10,14H,4-5,7-9,11-12H2,1-3H3,(H,18,20)(H,19,22);1H. The number of nitrogens with one attached hydrogen (secondary N) is 2. The van der Waals surface area contributed by atoms with E-state index in [9.17, 15) is 4.79 Å². The third kappa shape index (κ3) is 6.73. The van der Waals surface area contributed by atoms with Crippen molar-refractivity contribution in [2.24, 2.45) is 4.99 Å². The lowest BCUT2D eigenvalue weighted by Crippen LogP contribution is -2.48. The van der Waals surface area contributed by atoms with Gasteiger partial charge in [-0.2, -0.15) is 11.8 Å². The maximum Gasteiger partial charge on any atom is 0.287 e. The summed E-state index contributed by atoms with van der Waals surface area (Å²) in [6.45, 7) is 7.58. The summed E-state index contributed by atoms with van der Waals surface area (Å²) >= 11 is 2.05. The first-order valence-corrected chi connectivity index (χ1v) is 9.60. The van der Waals surface area contributed by atoms with Crippen molar-refractivity contribution in [3.63, 3.8) is 0 Å². The molecule has 1 amide bonds. The summed E-state index contributed by atoms with van der Waals surface area (Å²) in [6, 6.07) is 1.79. The van der Waals surface area contributed by atoms with Crippen molar-refractivity contribution >= 4 is 47.6 Å². The molecule has 2 N–H and O–H groups in total. The molecule has 0 bridgehead atoms. The molecule has 2 heterocycles. The molecule has 142 valence electrons. The second kappa shape index (κ2) is 11.7. The average Bonchev–Trinajstić information content (AvgIpc) is 3.04. The van der Waals surface area contributed by atoms with Crippen molar-refractivity contribution in [1.82, 2.24) is 15.5 Å². The Morgan fingerprint density at radius 2 is 2.20 bits per heavy atom. The van der Waals surface area contributed by atoms with Crippen molar-refractivity contribution < 1.29 is 9.21 Å². The molecule has 8 heteroatoms. The molecule has 1 aromatic heterocycles. The number of hydrogen-bond donors (Lipinski definition) is 2. The first-order valence-electron chi connectivity index (χ1n) is 8.55. The van der Waals surface area contributed by atoms with Crippen molar-refractivity contribution in [2.75, 3.05) is 39.0 Å². The summed E-state index contributed by atoms with van der Waals surface area (Å²) in [5.41, 5.74) is 0.861. The highest BCUT2D eigenvalue weighted by molar-refractivity contribution is 14.0. The molecule has 1 aliphatic heterocycles. The number of carbonyl (C=O) groups excluding carboxylic acids is 1. The fraction of sp³-hybridized carbons (Fsp3) is 0.647. The molecule has 1 aliphatic rings. The van der Waals surface area contributed by atoms with Gasteiger partial charge in [-0.1, -0.05) is 6.92 Å². The summed E-state index contributed by atoms with van der Waals surface area (Å²) in [6.07, 6.45) is 3.57.